The van der Waals surface area contributed by atoms with Gasteiger partial charge >= 0.3 is 6.03 Å². The van der Waals surface area contributed by atoms with Crippen molar-refractivity contribution in [3.05, 3.63) is 24.2 Å². The zero-order valence-electron chi connectivity index (χ0n) is 10.3. The van der Waals surface area contributed by atoms with Crippen LogP contribution in [0, 0.1) is 0 Å². The minimum absolute atomic E-state index is 0.00620. The number of rotatable bonds is 3. The molecule has 1 aromatic rings. The molecule has 4 heteroatoms. The number of nitrogens with one attached hydrogen (secondary N) is 1. The predicted molar refractivity (Wildman–Crippen MR) is 65.6 cm³/mol. The lowest BCUT2D eigenvalue weighted by Gasteiger charge is -2.31. The van der Waals surface area contributed by atoms with Gasteiger partial charge in [-0.2, -0.15) is 0 Å². The molecular weight excluding hydrogens is 216 g/mol. The Morgan fingerprint density at radius 3 is 2.88 bits per heavy atom. The van der Waals surface area contributed by atoms with Gasteiger partial charge in [-0.3, -0.25) is 0 Å². The highest BCUT2D eigenvalue weighted by Gasteiger charge is 2.21. The summed E-state index contributed by atoms with van der Waals surface area (Å²) in [5.74, 6) is 0.787. The van der Waals surface area contributed by atoms with E-state index in [1.807, 2.05) is 24.1 Å². The van der Waals surface area contributed by atoms with Crippen molar-refractivity contribution in [1.29, 1.82) is 0 Å². The molecule has 0 bridgehead atoms. The van der Waals surface area contributed by atoms with Crippen LogP contribution >= 0.6 is 0 Å². The van der Waals surface area contributed by atoms with Crippen LogP contribution in [0.4, 0.5) is 4.79 Å². The van der Waals surface area contributed by atoms with Crippen LogP contribution in [-0.4, -0.2) is 24.0 Å². The molecule has 94 valence electrons. The van der Waals surface area contributed by atoms with E-state index in [9.17, 15) is 4.79 Å². The maximum Gasteiger partial charge on any atom is 0.317 e. The van der Waals surface area contributed by atoms with Crippen LogP contribution in [0.2, 0.25) is 0 Å². The molecule has 1 aromatic heterocycles. The Morgan fingerprint density at radius 1 is 1.47 bits per heavy atom. The third-order valence-corrected chi connectivity index (χ3v) is 3.44. The average Bonchev–Trinajstić information content (AvgIpc) is 2.89. The average molecular weight is 236 g/mol. The highest BCUT2D eigenvalue weighted by atomic mass is 16.3. The summed E-state index contributed by atoms with van der Waals surface area (Å²) in [5, 5.41) is 2.88. The van der Waals surface area contributed by atoms with E-state index in [0.29, 0.717) is 12.6 Å². The molecule has 1 saturated carbocycles. The molecule has 0 aliphatic heterocycles. The first kappa shape index (κ1) is 12.0. The molecule has 0 spiro atoms. The van der Waals surface area contributed by atoms with Crippen molar-refractivity contribution >= 4 is 6.03 Å². The summed E-state index contributed by atoms with van der Waals surface area (Å²) in [7, 11) is 1.88. The molecule has 0 aromatic carbocycles. The van der Waals surface area contributed by atoms with E-state index in [4.69, 9.17) is 4.42 Å². The van der Waals surface area contributed by atoms with Crippen molar-refractivity contribution in [2.24, 2.45) is 0 Å². The first-order valence-corrected chi connectivity index (χ1v) is 6.30. The summed E-state index contributed by atoms with van der Waals surface area (Å²) in [4.78, 5) is 13.7. The van der Waals surface area contributed by atoms with Crippen LogP contribution in [0.25, 0.3) is 0 Å². The maximum absolute atomic E-state index is 11.9. The Balaban J connectivity index is 1.78. The summed E-state index contributed by atoms with van der Waals surface area (Å²) < 4.78 is 5.18. The SMILES string of the molecule is CN(C(=O)NCc1ccco1)C1CCCCC1. The van der Waals surface area contributed by atoms with E-state index in [-0.39, 0.29) is 6.03 Å². The summed E-state index contributed by atoms with van der Waals surface area (Å²) in [5.41, 5.74) is 0. The van der Waals surface area contributed by atoms with E-state index >= 15 is 0 Å². The zero-order chi connectivity index (χ0) is 12.1. The predicted octanol–water partition coefficient (Wildman–Crippen LogP) is 2.75. The van der Waals surface area contributed by atoms with Crippen molar-refractivity contribution in [3.8, 4) is 0 Å². The molecule has 0 saturated heterocycles. The smallest absolute Gasteiger partial charge is 0.317 e. The summed E-state index contributed by atoms with van der Waals surface area (Å²) in [6.07, 6.45) is 7.65. The van der Waals surface area contributed by atoms with Gasteiger partial charge in [-0.05, 0) is 25.0 Å². The number of hydrogen-bond acceptors (Lipinski definition) is 2. The van der Waals surface area contributed by atoms with E-state index in [1.165, 1.54) is 19.3 Å². The molecule has 4 nitrogen and oxygen atoms in total. The van der Waals surface area contributed by atoms with E-state index in [2.05, 4.69) is 5.32 Å². The van der Waals surface area contributed by atoms with Crippen molar-refractivity contribution in [1.82, 2.24) is 10.2 Å². The van der Waals surface area contributed by atoms with Crippen LogP contribution in [0.15, 0.2) is 22.8 Å². The molecule has 17 heavy (non-hydrogen) atoms. The van der Waals surface area contributed by atoms with Gasteiger partial charge in [0.15, 0.2) is 0 Å². The monoisotopic (exact) mass is 236 g/mol. The highest BCUT2D eigenvalue weighted by Crippen LogP contribution is 2.21. The van der Waals surface area contributed by atoms with Crippen LogP contribution in [0.3, 0.4) is 0 Å². The van der Waals surface area contributed by atoms with Crippen molar-refractivity contribution in [3.63, 3.8) is 0 Å². The fourth-order valence-electron chi connectivity index (χ4n) is 2.33. The first-order chi connectivity index (χ1) is 8.27. The first-order valence-electron chi connectivity index (χ1n) is 6.30. The highest BCUT2D eigenvalue weighted by molar-refractivity contribution is 5.74. The number of carbonyl (C=O) groups is 1. The largest absolute Gasteiger partial charge is 0.467 e. The molecule has 0 unspecified atom stereocenters. The fourth-order valence-corrected chi connectivity index (χ4v) is 2.33. The van der Waals surface area contributed by atoms with Crippen LogP contribution in [-0.2, 0) is 6.54 Å². The second-order valence-electron chi connectivity index (χ2n) is 4.64. The molecule has 2 rings (SSSR count). The van der Waals surface area contributed by atoms with Crippen molar-refractivity contribution in [2.45, 2.75) is 44.7 Å². The van der Waals surface area contributed by atoms with Gasteiger partial charge in [0.25, 0.3) is 0 Å². The molecule has 0 atom stereocenters. The zero-order valence-corrected chi connectivity index (χ0v) is 10.3. The third kappa shape index (κ3) is 3.25. The van der Waals surface area contributed by atoms with Crippen molar-refractivity contribution in [2.75, 3.05) is 7.05 Å². The lowest BCUT2D eigenvalue weighted by atomic mass is 9.95. The quantitative estimate of drug-likeness (QED) is 0.877. The van der Waals surface area contributed by atoms with Crippen LogP contribution in [0.1, 0.15) is 37.9 Å². The minimum Gasteiger partial charge on any atom is -0.467 e. The maximum atomic E-state index is 11.9. The van der Waals surface area contributed by atoms with E-state index in [0.717, 1.165) is 18.6 Å². The Morgan fingerprint density at radius 2 is 2.24 bits per heavy atom. The van der Waals surface area contributed by atoms with Crippen LogP contribution < -0.4 is 5.32 Å². The fraction of sp³-hybridized carbons (Fsp3) is 0.615. The Hall–Kier alpha value is -1.45. The number of nitrogens with zero attached hydrogens (tertiary/aromatic N) is 1. The second kappa shape index (κ2) is 5.75. The minimum atomic E-state index is -0.00620. The Bertz CT molecular complexity index is 342. The Labute approximate surface area is 102 Å². The third-order valence-electron chi connectivity index (χ3n) is 3.44. The number of hydrogen-bond donors (Lipinski definition) is 1. The lowest BCUT2D eigenvalue weighted by Crippen LogP contribution is -2.44. The summed E-state index contributed by atoms with van der Waals surface area (Å²) in [6.45, 7) is 0.461. The second-order valence-corrected chi connectivity index (χ2v) is 4.64. The van der Waals surface area contributed by atoms with Gasteiger partial charge in [-0.1, -0.05) is 19.3 Å². The number of furan rings is 1. The Kier molecular flexibility index (Phi) is 4.07. The van der Waals surface area contributed by atoms with Gasteiger partial charge in [0.05, 0.1) is 12.8 Å². The number of amides is 2. The normalized spacial score (nSPS) is 16.8. The van der Waals surface area contributed by atoms with Crippen LogP contribution in [0.5, 0.6) is 0 Å². The molecular formula is C13H20N2O2. The summed E-state index contributed by atoms with van der Waals surface area (Å²) in [6, 6.07) is 4.08. The number of urea groups is 1. The van der Waals surface area contributed by atoms with Gasteiger partial charge in [0.2, 0.25) is 0 Å². The molecule has 1 aliphatic rings. The molecule has 2 amide bonds. The molecule has 1 fully saturated rings. The topological polar surface area (TPSA) is 45.5 Å². The van der Waals surface area contributed by atoms with Gasteiger partial charge in [-0.15, -0.1) is 0 Å². The number of carbonyl (C=O) groups excluding carboxylic acids is 1. The van der Waals surface area contributed by atoms with Gasteiger partial charge < -0.3 is 14.6 Å². The lowest BCUT2D eigenvalue weighted by molar-refractivity contribution is 0.172. The van der Waals surface area contributed by atoms with Gasteiger partial charge in [0.1, 0.15) is 5.76 Å². The van der Waals surface area contributed by atoms with Gasteiger partial charge in [-0.25, -0.2) is 4.79 Å². The molecule has 1 heterocycles. The van der Waals surface area contributed by atoms with Crippen molar-refractivity contribution < 1.29 is 9.21 Å². The standard InChI is InChI=1S/C13H20N2O2/c1-15(11-6-3-2-4-7-11)13(16)14-10-12-8-5-9-17-12/h5,8-9,11H,2-4,6-7,10H2,1H3,(H,14,16). The molecule has 0 radical (unpaired) electrons. The van der Waals surface area contributed by atoms with Gasteiger partial charge in [0, 0.05) is 13.1 Å². The van der Waals surface area contributed by atoms with E-state index in [1.54, 1.807) is 6.26 Å². The summed E-state index contributed by atoms with van der Waals surface area (Å²) >= 11 is 0. The molecule has 1 N–H and O–H groups in total. The van der Waals surface area contributed by atoms with E-state index < -0.39 is 0 Å². The molecule has 1 aliphatic carbocycles.